The van der Waals surface area contributed by atoms with Crippen LogP contribution in [0.15, 0.2) is 98.7 Å². The highest BCUT2D eigenvalue weighted by atomic mass is 32.2. The number of ether oxygens (including phenoxy) is 6. The maximum absolute atomic E-state index is 14.4. The van der Waals surface area contributed by atoms with Gasteiger partial charge in [0.1, 0.15) is 53.9 Å². The van der Waals surface area contributed by atoms with Gasteiger partial charge in [0, 0.05) is 85.1 Å². The van der Waals surface area contributed by atoms with Gasteiger partial charge in [-0.3, -0.25) is 58.8 Å². The summed E-state index contributed by atoms with van der Waals surface area (Å²) in [5.41, 5.74) is 30.9. The Labute approximate surface area is 598 Å². The lowest BCUT2D eigenvalue weighted by atomic mass is 9.84. The van der Waals surface area contributed by atoms with Gasteiger partial charge in [0.05, 0.1) is 73.1 Å². The van der Waals surface area contributed by atoms with Crippen LogP contribution in [0, 0.1) is 23.7 Å². The Hall–Kier alpha value is -8.58. The number of nitrogens with zero attached hydrogens (tertiary/aromatic N) is 9. The minimum Gasteiger partial charge on any atom is -0.478 e. The first-order valence-electron chi connectivity index (χ1n) is 31.5. The number of nitrogens with one attached hydrogen (secondary N) is 5. The first-order chi connectivity index (χ1) is 49.6. The second-order valence-corrected chi connectivity index (χ2v) is 31.4. The van der Waals surface area contributed by atoms with Crippen molar-refractivity contribution >= 4 is 97.3 Å². The molecule has 12 N–H and O–H groups in total. The van der Waals surface area contributed by atoms with Gasteiger partial charge in [-0.25, -0.2) is 17.8 Å². The maximum Gasteiger partial charge on any atom is 0.336 e. The summed E-state index contributed by atoms with van der Waals surface area (Å²) in [4.78, 5) is 83.2. The van der Waals surface area contributed by atoms with E-state index < -0.39 is 160 Å². The van der Waals surface area contributed by atoms with Crippen molar-refractivity contribution < 1.29 is 115 Å². The quantitative estimate of drug-likeness (QED) is 0.00409. The fourth-order valence-electron chi connectivity index (χ4n) is 12.6. The van der Waals surface area contributed by atoms with Crippen molar-refractivity contribution in [1.82, 2.24) is 26.5 Å². The summed E-state index contributed by atoms with van der Waals surface area (Å²) in [5.74, 6) is 0.0254. The zero-order chi connectivity index (χ0) is 75.9. The highest BCUT2D eigenvalue weighted by Crippen LogP contribution is 2.49. The largest absolute Gasteiger partial charge is 0.478 e. The van der Waals surface area contributed by atoms with Crippen molar-refractivity contribution in [3.8, 4) is 23.3 Å². The van der Waals surface area contributed by atoms with Crippen molar-refractivity contribution in [3.05, 3.63) is 143 Å². The monoisotopic (exact) mass is 1560 g/mol. The number of nitrogens with two attached hydrogens (primary N) is 1. The number of benzene rings is 3. The Morgan fingerprint density at radius 2 is 1.68 bits per heavy atom. The Bertz CT molecular complexity index is 4760. The van der Waals surface area contributed by atoms with Crippen LogP contribution in [-0.2, 0) is 75.8 Å². The smallest absolute Gasteiger partial charge is 0.336 e. The molecule has 3 aromatic carbocycles. The number of amidine groups is 1. The molecule has 3 aromatic rings. The molecule has 562 valence electrons. The van der Waals surface area contributed by atoms with Gasteiger partial charge in [0.15, 0.2) is 6.23 Å². The molecule has 7 aliphatic rings. The number of carbonyl (C=O) groups excluding carboxylic acids is 3. The molecule has 1 aliphatic carbocycles. The molecule has 0 aromatic heterocycles. The average molecular weight is 1560 g/mol. The number of halogens is 1. The Balaban J connectivity index is 0.737. The molecule has 6 aliphatic heterocycles. The number of azide groups is 2. The fraction of sp³-hybridized carbons (Fsp3) is 0.433. The Kier molecular flexibility index (Phi) is 25.2. The van der Waals surface area contributed by atoms with E-state index >= 15 is 0 Å². The van der Waals surface area contributed by atoms with E-state index in [1.54, 1.807) is 56.9 Å². The lowest BCUT2D eigenvalue weighted by molar-refractivity contribution is -0.126. The lowest BCUT2D eigenvalue weighted by Crippen LogP contribution is -2.46. The molecule has 3 amide bonds. The zero-order valence-corrected chi connectivity index (χ0v) is 60.2. The minimum absolute atomic E-state index is 0.0236. The molecular formula is C60H69FN15O24P3S2. The third kappa shape index (κ3) is 20.5. The average Bonchev–Trinajstić information content (AvgIpc) is 1.41. The topological polar surface area (TPSA) is 567 Å². The van der Waals surface area contributed by atoms with Gasteiger partial charge in [0.25, 0.3) is 38.5 Å². The third-order valence-electron chi connectivity index (χ3n) is 16.6. The Morgan fingerprint density at radius 3 is 2.39 bits per heavy atom. The number of fused-ring (bicyclic) bond motifs is 5. The van der Waals surface area contributed by atoms with E-state index in [9.17, 15) is 69.3 Å². The van der Waals surface area contributed by atoms with Crippen molar-refractivity contribution in [2.24, 2.45) is 37.9 Å². The van der Waals surface area contributed by atoms with E-state index in [-0.39, 0.29) is 129 Å². The number of hydrogen-bond donors (Lipinski definition) is 11. The van der Waals surface area contributed by atoms with Gasteiger partial charge in [-0.1, -0.05) is 41.3 Å². The van der Waals surface area contributed by atoms with E-state index in [1.807, 2.05) is 0 Å². The molecule has 45 heteroatoms. The molecule has 2 saturated heterocycles. The number of hydrazone groups is 1. The highest BCUT2D eigenvalue weighted by Gasteiger charge is 2.52. The Morgan fingerprint density at radius 1 is 0.943 bits per heavy atom. The number of anilines is 1. The zero-order valence-electron chi connectivity index (χ0n) is 55.6. The number of likely N-dealkylation sites (tertiary alicyclic amines) is 1. The minimum atomic E-state index is -4.64. The fourth-order valence-corrected chi connectivity index (χ4v) is 15.9. The number of rotatable bonds is 30. The van der Waals surface area contributed by atoms with Crippen LogP contribution < -0.4 is 48.0 Å². The molecule has 0 radical (unpaired) electrons. The number of hydrogen-bond acceptors (Lipinski definition) is 29. The van der Waals surface area contributed by atoms with Crippen LogP contribution in [0.25, 0.3) is 37.6 Å². The molecule has 2 fully saturated rings. The molecule has 10 rings (SSSR count). The first kappa shape index (κ1) is 79.0. The lowest BCUT2D eigenvalue weighted by Gasteiger charge is -2.34. The van der Waals surface area contributed by atoms with E-state index in [0.717, 1.165) is 6.07 Å². The number of carboxylic acids is 1. The molecule has 0 saturated carbocycles. The van der Waals surface area contributed by atoms with E-state index in [1.165, 1.54) is 42.5 Å². The van der Waals surface area contributed by atoms with E-state index in [2.05, 4.69) is 72.5 Å². The summed E-state index contributed by atoms with van der Waals surface area (Å²) in [6.07, 6.45) is 2.08. The second kappa shape index (κ2) is 33.5. The van der Waals surface area contributed by atoms with Crippen LogP contribution in [0.1, 0.15) is 83.5 Å². The summed E-state index contributed by atoms with van der Waals surface area (Å²) < 4.78 is 157. The number of carboxylic acid groups (broad SMARTS) is 1. The maximum atomic E-state index is 14.4. The summed E-state index contributed by atoms with van der Waals surface area (Å²) in [5, 5.41) is 27.7. The molecule has 9 unspecified atom stereocenters. The van der Waals surface area contributed by atoms with Gasteiger partial charge >= 0.3 is 31.1 Å². The van der Waals surface area contributed by atoms with Crippen LogP contribution in [0.4, 0.5) is 10.1 Å². The van der Waals surface area contributed by atoms with Crippen molar-refractivity contribution in [3.63, 3.8) is 0 Å². The number of amides is 3. The summed E-state index contributed by atoms with van der Waals surface area (Å²) in [6.45, 7) is 2.94. The number of carbonyl (C=O) groups is 4. The van der Waals surface area contributed by atoms with Crippen LogP contribution in [0.2, 0.25) is 0 Å². The SMILES string of the molecule is CC1(C)C=C(CS(=O)(=O)O)c2cc3c(cc2=N1)Oc1cc2c(cc1C=3c1cc(C(=O)NNC(=O)C3=CC(OCC(N=[N+]=[N-])OCCOCC(=O)NCC#CC4CN([C@H]5CC(OC(F)N=[N+]=[N-])[C@@H](CO[PH](=O)O[PH](=O)OP(O)O)O5)C5NN=C(N)C45)CC=C3)ccc1C(=O)O)C(CS(=O)(=O)O)=CC(C)(C)N2. The van der Waals surface area contributed by atoms with E-state index in [0.29, 0.717) is 5.69 Å². The molecule has 6 heterocycles. The van der Waals surface area contributed by atoms with Crippen LogP contribution in [0.3, 0.4) is 0 Å². The van der Waals surface area contributed by atoms with Gasteiger partial charge in [-0.2, -0.15) is 21.9 Å². The molecule has 39 nitrogen and oxygen atoms in total. The molecule has 11 atom stereocenters. The van der Waals surface area contributed by atoms with Gasteiger partial charge in [-0.15, -0.1) is 0 Å². The van der Waals surface area contributed by atoms with Crippen molar-refractivity contribution in [1.29, 1.82) is 0 Å². The first-order valence-corrected chi connectivity index (χ1v) is 38.3. The standard InChI is InChI=1S/C60H69FN15O24P3S2/c1-59(2)22-33(28-104(86,87)88)37-17-40-44(19-42(37)66-59)96-45-20-43-38(34(29-105(89,90)91)23-60(3,4)67-43)18-41(45)52(40)39-16-31(10-11-36(39)57(80)81)56(79)72-71-55(78)30-7-5-9-35(15-30)94-27-49(68-74-63)93-14-13-92-26-48(77)65-12-6-8-32-24-76(54-51(32)53(62)69-70-54)50-21-46(98-58(61)73-75-64)47(97-50)25-95-102(84)100-103(85)99-101(82)83/h5,7,10-11,15-20,22-23,32,35,46-47,49-51,54,58,66,70,82-83,102-103H,9,12-14,21,24-29H2,1-4H3,(H2,62,69)(H,65,77)(H,71,78)(H,72,79)(H,80,81)(H,86,87,88)(H,89,90,91)/t32?,35?,46?,47-,49?,50-,51?,54?,58?/m1/s1. The number of aromatic carboxylic acids is 1. The molecule has 0 spiro atoms. The van der Waals surface area contributed by atoms with Crippen LogP contribution >= 0.6 is 25.1 Å². The van der Waals surface area contributed by atoms with Gasteiger partial charge in [-0.05, 0) is 103 Å². The van der Waals surface area contributed by atoms with Crippen molar-refractivity contribution in [2.75, 3.05) is 62.9 Å². The second-order valence-electron chi connectivity index (χ2n) is 25.2. The summed E-state index contributed by atoms with van der Waals surface area (Å²) in [6, 6.07) is 9.73. The van der Waals surface area contributed by atoms with Crippen molar-refractivity contribution in [2.45, 2.75) is 95.0 Å². The molecule has 0 bridgehead atoms. The van der Waals surface area contributed by atoms with Crippen LogP contribution in [-0.4, -0.2) is 187 Å². The molecule has 105 heavy (non-hydrogen) atoms. The highest BCUT2D eigenvalue weighted by molar-refractivity contribution is 7.86. The molecular weight excluding hydrogens is 1490 g/mol. The summed E-state index contributed by atoms with van der Waals surface area (Å²) in [7, 11) is -19.5. The predicted molar refractivity (Wildman–Crippen MR) is 369 cm³/mol. The van der Waals surface area contributed by atoms with Crippen LogP contribution in [0.5, 0.6) is 11.5 Å². The third-order valence-corrected chi connectivity index (χ3v) is 20.9. The normalized spacial score (nSPS) is 22.8. The number of alkyl halides is 1. The predicted octanol–water partition coefficient (Wildman–Crippen LogP) is 3.57. The number of hydrazine groups is 1. The van der Waals surface area contributed by atoms with Gasteiger partial charge < -0.3 is 64.2 Å². The van der Waals surface area contributed by atoms with E-state index in [4.69, 9.17) is 59.0 Å². The van der Waals surface area contributed by atoms with Gasteiger partial charge in [0.2, 0.25) is 5.91 Å². The summed E-state index contributed by atoms with van der Waals surface area (Å²) >= 11 is 0.